The number of morpholine rings is 1. The quantitative estimate of drug-likeness (QED) is 0.858. The van der Waals surface area contributed by atoms with Crippen molar-refractivity contribution in [1.82, 2.24) is 10.2 Å². The first-order valence-corrected chi connectivity index (χ1v) is 9.08. The van der Waals surface area contributed by atoms with E-state index in [9.17, 15) is 14.3 Å². The van der Waals surface area contributed by atoms with Gasteiger partial charge in [-0.15, -0.1) is 0 Å². The third-order valence-electron chi connectivity index (χ3n) is 5.13. The third-order valence-corrected chi connectivity index (χ3v) is 5.41. The molecule has 1 amide bonds. The molecule has 0 unspecified atom stereocenters. The summed E-state index contributed by atoms with van der Waals surface area (Å²) in [5.41, 5.74) is 0.325. The van der Waals surface area contributed by atoms with Gasteiger partial charge in [0.25, 0.3) is 0 Å². The molecule has 0 radical (unpaired) electrons. The Morgan fingerprint density at radius 3 is 3.04 bits per heavy atom. The highest BCUT2D eigenvalue weighted by atomic mass is 35.5. The lowest BCUT2D eigenvalue weighted by Gasteiger charge is -2.49. The Morgan fingerprint density at radius 2 is 2.32 bits per heavy atom. The number of halogens is 2. The number of nitrogens with zero attached hydrogens (tertiary/aromatic N) is 1. The van der Waals surface area contributed by atoms with Crippen LogP contribution in [0.2, 0.25) is 5.02 Å². The van der Waals surface area contributed by atoms with Gasteiger partial charge in [0.1, 0.15) is 5.60 Å². The minimum absolute atomic E-state index is 0.00157. The van der Waals surface area contributed by atoms with Crippen molar-refractivity contribution in [2.45, 2.75) is 50.8 Å². The number of hydrogen-bond donors (Lipinski definition) is 2. The summed E-state index contributed by atoms with van der Waals surface area (Å²) in [6, 6.07) is 2.91. The summed E-state index contributed by atoms with van der Waals surface area (Å²) in [6.07, 6.45) is 3.96. The second-order valence-corrected chi connectivity index (χ2v) is 7.44. The number of phenolic OH excluding ortho intramolecular Hbond substituents is 1. The SMILES string of the molecule is CC(=O)N[C@H]1CCCC[C@@]12CN(Cc1cc(F)c(O)c(Cl)c1)CCO2. The lowest BCUT2D eigenvalue weighted by molar-refractivity contribution is -0.150. The van der Waals surface area contributed by atoms with E-state index < -0.39 is 11.6 Å². The summed E-state index contributed by atoms with van der Waals surface area (Å²) in [5, 5.41) is 12.5. The highest BCUT2D eigenvalue weighted by Gasteiger charge is 2.45. The van der Waals surface area contributed by atoms with Crippen molar-refractivity contribution in [2.75, 3.05) is 19.7 Å². The summed E-state index contributed by atoms with van der Waals surface area (Å²) in [4.78, 5) is 13.8. The van der Waals surface area contributed by atoms with E-state index in [0.717, 1.165) is 32.2 Å². The first-order valence-electron chi connectivity index (χ1n) is 8.70. The fraction of sp³-hybridized carbons (Fsp3) is 0.611. The Bertz CT molecular complexity index is 630. The second-order valence-electron chi connectivity index (χ2n) is 7.03. The van der Waals surface area contributed by atoms with Crippen LogP contribution in [0.25, 0.3) is 0 Å². The largest absolute Gasteiger partial charge is 0.504 e. The number of hydrogen-bond acceptors (Lipinski definition) is 4. The molecule has 138 valence electrons. The Kier molecular flexibility index (Phi) is 5.51. The molecule has 1 aromatic rings. The van der Waals surface area contributed by atoms with Crippen molar-refractivity contribution in [2.24, 2.45) is 0 Å². The van der Waals surface area contributed by atoms with Crippen LogP contribution in [-0.2, 0) is 16.1 Å². The number of nitrogens with one attached hydrogen (secondary N) is 1. The average molecular weight is 371 g/mol. The molecule has 2 aliphatic rings. The maximum atomic E-state index is 13.7. The summed E-state index contributed by atoms with van der Waals surface area (Å²) >= 11 is 5.88. The van der Waals surface area contributed by atoms with Crippen LogP contribution in [0.1, 0.15) is 38.2 Å². The molecule has 25 heavy (non-hydrogen) atoms. The van der Waals surface area contributed by atoms with Crippen molar-refractivity contribution >= 4 is 17.5 Å². The van der Waals surface area contributed by atoms with Gasteiger partial charge in [0, 0.05) is 26.6 Å². The van der Waals surface area contributed by atoms with Crippen molar-refractivity contribution < 1.29 is 19.0 Å². The van der Waals surface area contributed by atoms with E-state index in [1.807, 2.05) is 0 Å². The summed E-state index contributed by atoms with van der Waals surface area (Å²) in [7, 11) is 0. The molecule has 0 bridgehead atoms. The van der Waals surface area contributed by atoms with Crippen molar-refractivity contribution in [3.63, 3.8) is 0 Å². The molecule has 2 atom stereocenters. The van der Waals surface area contributed by atoms with E-state index in [1.165, 1.54) is 13.0 Å². The van der Waals surface area contributed by atoms with Crippen LogP contribution in [0.15, 0.2) is 12.1 Å². The van der Waals surface area contributed by atoms with Crippen LogP contribution in [0.4, 0.5) is 4.39 Å². The van der Waals surface area contributed by atoms with Gasteiger partial charge in [-0.25, -0.2) is 4.39 Å². The van der Waals surface area contributed by atoms with Crippen LogP contribution in [0.3, 0.4) is 0 Å². The first-order chi connectivity index (χ1) is 11.9. The first kappa shape index (κ1) is 18.4. The number of aromatic hydroxyl groups is 1. The topological polar surface area (TPSA) is 61.8 Å². The van der Waals surface area contributed by atoms with Crippen LogP contribution in [0, 0.1) is 5.82 Å². The number of ether oxygens (including phenoxy) is 1. The lowest BCUT2D eigenvalue weighted by Crippen LogP contribution is -2.63. The van der Waals surface area contributed by atoms with Gasteiger partial charge in [-0.2, -0.15) is 0 Å². The lowest BCUT2D eigenvalue weighted by atomic mass is 9.78. The Morgan fingerprint density at radius 1 is 1.52 bits per heavy atom. The van der Waals surface area contributed by atoms with Gasteiger partial charge in [-0.05, 0) is 30.5 Å². The fourth-order valence-electron chi connectivity index (χ4n) is 4.00. The number of phenols is 1. The van der Waals surface area contributed by atoms with Crippen molar-refractivity contribution in [3.8, 4) is 5.75 Å². The van der Waals surface area contributed by atoms with Crippen LogP contribution < -0.4 is 5.32 Å². The normalized spacial score (nSPS) is 27.4. The van der Waals surface area contributed by atoms with Crippen molar-refractivity contribution in [1.29, 1.82) is 0 Å². The molecule has 2 fully saturated rings. The molecule has 2 N–H and O–H groups in total. The van der Waals surface area contributed by atoms with Gasteiger partial charge in [-0.3, -0.25) is 9.69 Å². The molecule has 1 aliphatic heterocycles. The van der Waals surface area contributed by atoms with E-state index in [4.69, 9.17) is 16.3 Å². The highest BCUT2D eigenvalue weighted by molar-refractivity contribution is 6.32. The smallest absolute Gasteiger partial charge is 0.217 e. The molecular weight excluding hydrogens is 347 g/mol. The van der Waals surface area contributed by atoms with Gasteiger partial charge in [0.2, 0.25) is 5.91 Å². The molecule has 1 spiro atoms. The maximum absolute atomic E-state index is 13.7. The van der Waals surface area contributed by atoms with Gasteiger partial charge in [0.15, 0.2) is 11.6 Å². The summed E-state index contributed by atoms with van der Waals surface area (Å²) in [6.45, 7) is 4.04. The van der Waals surface area contributed by atoms with Gasteiger partial charge in [0.05, 0.1) is 17.7 Å². The summed E-state index contributed by atoms with van der Waals surface area (Å²) < 4.78 is 19.9. The number of carbonyl (C=O) groups is 1. The Balaban J connectivity index is 1.75. The minimum atomic E-state index is -0.709. The average Bonchev–Trinajstić information content (AvgIpc) is 2.55. The molecule has 3 rings (SSSR count). The van der Waals surface area contributed by atoms with Crippen LogP contribution in [0.5, 0.6) is 5.75 Å². The zero-order valence-electron chi connectivity index (χ0n) is 14.4. The molecular formula is C18H24ClFN2O3. The molecule has 1 heterocycles. The number of benzene rings is 1. The zero-order valence-corrected chi connectivity index (χ0v) is 15.1. The monoisotopic (exact) mass is 370 g/mol. The predicted octanol–water partition coefficient (Wildman–Crippen LogP) is 2.83. The molecule has 5 nitrogen and oxygen atoms in total. The maximum Gasteiger partial charge on any atom is 0.217 e. The fourth-order valence-corrected chi connectivity index (χ4v) is 4.24. The van der Waals surface area contributed by atoms with Crippen molar-refractivity contribution in [3.05, 3.63) is 28.5 Å². The standard InChI is InChI=1S/C18H24ClFN2O3/c1-12(23)21-16-4-2-3-5-18(16)11-22(6-7-25-18)10-13-8-14(19)17(24)15(20)9-13/h8-9,16,24H,2-7,10-11H2,1H3,(H,21,23)/t16-,18+/m0/s1. The molecule has 7 heteroatoms. The van der Waals surface area contributed by atoms with E-state index in [1.54, 1.807) is 6.07 Å². The number of carbonyl (C=O) groups excluding carboxylic acids is 1. The summed E-state index contributed by atoms with van der Waals surface area (Å²) in [5.74, 6) is -1.26. The third kappa shape index (κ3) is 4.07. The predicted molar refractivity (Wildman–Crippen MR) is 93.1 cm³/mol. The van der Waals surface area contributed by atoms with Crippen LogP contribution >= 0.6 is 11.6 Å². The molecule has 1 aliphatic carbocycles. The molecule has 0 aromatic heterocycles. The highest BCUT2D eigenvalue weighted by Crippen LogP contribution is 2.36. The van der Waals surface area contributed by atoms with Gasteiger partial charge >= 0.3 is 0 Å². The van der Waals surface area contributed by atoms with E-state index in [-0.39, 0.29) is 22.6 Å². The zero-order chi connectivity index (χ0) is 18.0. The number of amides is 1. The molecule has 1 saturated heterocycles. The molecule has 1 aromatic carbocycles. The Hall–Kier alpha value is -1.37. The molecule has 1 saturated carbocycles. The van der Waals surface area contributed by atoms with Crippen LogP contribution in [-0.4, -0.2) is 47.3 Å². The van der Waals surface area contributed by atoms with E-state index in [2.05, 4.69) is 10.2 Å². The van der Waals surface area contributed by atoms with E-state index >= 15 is 0 Å². The van der Waals surface area contributed by atoms with E-state index in [0.29, 0.717) is 25.3 Å². The minimum Gasteiger partial charge on any atom is -0.504 e. The van der Waals surface area contributed by atoms with Gasteiger partial charge in [-0.1, -0.05) is 24.4 Å². The Labute approximate surface area is 152 Å². The second kappa shape index (κ2) is 7.48. The number of rotatable bonds is 3. The van der Waals surface area contributed by atoms with Gasteiger partial charge < -0.3 is 15.2 Å².